The quantitative estimate of drug-likeness (QED) is 0.756. The van der Waals surface area contributed by atoms with Gasteiger partial charge in [0, 0.05) is 6.54 Å². The third-order valence-corrected chi connectivity index (χ3v) is 2.93. The Bertz CT molecular complexity index is 470. The summed E-state index contributed by atoms with van der Waals surface area (Å²) in [6, 6.07) is 7.79. The van der Waals surface area contributed by atoms with Gasteiger partial charge in [-0.2, -0.15) is 0 Å². The Morgan fingerprint density at radius 3 is 2.88 bits per heavy atom. The van der Waals surface area contributed by atoms with E-state index in [1.165, 1.54) is 11.3 Å². The second-order valence-electron chi connectivity index (χ2n) is 3.40. The Morgan fingerprint density at radius 2 is 2.19 bits per heavy atom. The molecule has 0 unspecified atom stereocenters. The highest BCUT2D eigenvalue weighted by molar-refractivity contribution is 7.19. The van der Waals surface area contributed by atoms with Gasteiger partial charge in [-0.25, -0.2) is 4.98 Å². The molecule has 0 bridgehead atoms. The van der Waals surface area contributed by atoms with Crippen molar-refractivity contribution >= 4 is 21.5 Å². The zero-order valence-electron chi connectivity index (χ0n) is 8.68. The molecular formula is C11H13N3OS. The minimum atomic E-state index is 0.0675. The SMILES string of the molecule is Nc1cnc(NCc2cccc(CO)c2)s1. The number of aromatic nitrogens is 1. The van der Waals surface area contributed by atoms with Crippen molar-refractivity contribution in [2.45, 2.75) is 13.2 Å². The number of nitrogens with one attached hydrogen (secondary N) is 1. The van der Waals surface area contributed by atoms with E-state index in [0.717, 1.165) is 16.3 Å². The highest BCUT2D eigenvalue weighted by Gasteiger charge is 1.99. The molecule has 5 heteroatoms. The molecule has 16 heavy (non-hydrogen) atoms. The van der Waals surface area contributed by atoms with Gasteiger partial charge in [-0.1, -0.05) is 35.6 Å². The van der Waals surface area contributed by atoms with Gasteiger partial charge in [0.2, 0.25) is 0 Å². The zero-order chi connectivity index (χ0) is 11.4. The van der Waals surface area contributed by atoms with Crippen LogP contribution in [-0.4, -0.2) is 10.1 Å². The fourth-order valence-corrected chi connectivity index (χ4v) is 1.96. The van der Waals surface area contributed by atoms with E-state index < -0.39 is 0 Å². The molecule has 0 atom stereocenters. The van der Waals surface area contributed by atoms with Gasteiger partial charge in [0.05, 0.1) is 12.8 Å². The first-order chi connectivity index (χ1) is 7.78. The molecule has 4 nitrogen and oxygen atoms in total. The lowest BCUT2D eigenvalue weighted by Crippen LogP contribution is -1.99. The highest BCUT2D eigenvalue weighted by atomic mass is 32.1. The molecule has 0 aliphatic heterocycles. The van der Waals surface area contributed by atoms with Crippen LogP contribution in [0.15, 0.2) is 30.5 Å². The van der Waals surface area contributed by atoms with E-state index in [0.29, 0.717) is 11.5 Å². The number of rotatable bonds is 4. The first-order valence-corrected chi connectivity index (χ1v) is 5.73. The Hall–Kier alpha value is -1.59. The van der Waals surface area contributed by atoms with Gasteiger partial charge in [-0.3, -0.25) is 0 Å². The molecule has 1 aromatic carbocycles. The monoisotopic (exact) mass is 235 g/mol. The number of nitrogens with two attached hydrogens (primary N) is 1. The van der Waals surface area contributed by atoms with Crippen LogP contribution in [0.3, 0.4) is 0 Å². The fourth-order valence-electron chi connectivity index (χ4n) is 1.38. The van der Waals surface area contributed by atoms with Crippen LogP contribution in [-0.2, 0) is 13.2 Å². The van der Waals surface area contributed by atoms with E-state index in [4.69, 9.17) is 10.8 Å². The van der Waals surface area contributed by atoms with E-state index in [1.807, 2.05) is 24.3 Å². The number of aliphatic hydroxyl groups is 1. The van der Waals surface area contributed by atoms with Gasteiger partial charge < -0.3 is 16.2 Å². The standard InChI is InChI=1S/C11H13N3OS/c12-10-6-14-11(16-10)13-5-8-2-1-3-9(4-8)7-15/h1-4,6,15H,5,7,12H2,(H,13,14). The maximum atomic E-state index is 9.00. The van der Waals surface area contributed by atoms with Crippen LogP contribution >= 0.6 is 11.3 Å². The Kier molecular flexibility index (Phi) is 3.38. The second-order valence-corrected chi connectivity index (χ2v) is 4.46. The van der Waals surface area contributed by atoms with Crippen LogP contribution in [0, 0.1) is 0 Å². The van der Waals surface area contributed by atoms with Gasteiger partial charge in [-0.05, 0) is 11.1 Å². The van der Waals surface area contributed by atoms with Crippen molar-refractivity contribution in [3.05, 3.63) is 41.6 Å². The van der Waals surface area contributed by atoms with Crippen LogP contribution in [0.25, 0.3) is 0 Å². The molecule has 4 N–H and O–H groups in total. The molecule has 0 aliphatic carbocycles. The van der Waals surface area contributed by atoms with Crippen molar-refractivity contribution in [3.63, 3.8) is 0 Å². The van der Waals surface area contributed by atoms with Gasteiger partial charge in [-0.15, -0.1) is 0 Å². The van der Waals surface area contributed by atoms with Gasteiger partial charge >= 0.3 is 0 Å². The third kappa shape index (κ3) is 2.71. The summed E-state index contributed by atoms with van der Waals surface area (Å²) in [4.78, 5) is 4.11. The minimum absolute atomic E-state index is 0.0675. The number of thiazole rings is 1. The zero-order valence-corrected chi connectivity index (χ0v) is 9.50. The highest BCUT2D eigenvalue weighted by Crippen LogP contribution is 2.20. The average Bonchev–Trinajstić information content (AvgIpc) is 2.73. The maximum absolute atomic E-state index is 9.00. The predicted octanol–water partition coefficient (Wildman–Crippen LogP) is 1.83. The number of anilines is 2. The van der Waals surface area contributed by atoms with E-state index in [-0.39, 0.29) is 6.61 Å². The molecule has 0 saturated heterocycles. The summed E-state index contributed by atoms with van der Waals surface area (Å²) in [5, 5.41) is 13.7. The van der Waals surface area contributed by atoms with Crippen LogP contribution in [0.5, 0.6) is 0 Å². The summed E-state index contributed by atoms with van der Waals surface area (Å²) in [5.41, 5.74) is 7.60. The molecule has 1 heterocycles. The van der Waals surface area contributed by atoms with Crippen molar-refractivity contribution in [1.82, 2.24) is 4.98 Å². The summed E-state index contributed by atoms with van der Waals surface area (Å²) in [5.74, 6) is 0. The van der Waals surface area contributed by atoms with E-state index in [9.17, 15) is 0 Å². The second kappa shape index (κ2) is 4.96. The van der Waals surface area contributed by atoms with E-state index in [2.05, 4.69) is 10.3 Å². The lowest BCUT2D eigenvalue weighted by Gasteiger charge is -2.04. The molecule has 2 rings (SSSR count). The Morgan fingerprint density at radius 1 is 1.38 bits per heavy atom. The Balaban J connectivity index is 1.99. The molecule has 0 amide bonds. The maximum Gasteiger partial charge on any atom is 0.184 e. The first kappa shape index (κ1) is 10.9. The van der Waals surface area contributed by atoms with Crippen molar-refractivity contribution < 1.29 is 5.11 Å². The van der Waals surface area contributed by atoms with Crippen LogP contribution < -0.4 is 11.1 Å². The van der Waals surface area contributed by atoms with Crippen molar-refractivity contribution in [3.8, 4) is 0 Å². The van der Waals surface area contributed by atoms with E-state index >= 15 is 0 Å². The molecule has 1 aromatic heterocycles. The summed E-state index contributed by atoms with van der Waals surface area (Å²) in [7, 11) is 0. The minimum Gasteiger partial charge on any atom is -0.392 e. The topological polar surface area (TPSA) is 71.2 Å². The third-order valence-electron chi connectivity index (χ3n) is 2.14. The molecule has 0 saturated carbocycles. The molecule has 0 aliphatic rings. The number of hydrogen-bond acceptors (Lipinski definition) is 5. The normalized spacial score (nSPS) is 10.3. The molecule has 0 fully saturated rings. The summed E-state index contributed by atoms with van der Waals surface area (Å²) < 4.78 is 0. The van der Waals surface area contributed by atoms with Crippen molar-refractivity contribution in [1.29, 1.82) is 0 Å². The average molecular weight is 235 g/mol. The molecule has 0 spiro atoms. The van der Waals surface area contributed by atoms with Crippen molar-refractivity contribution in [2.24, 2.45) is 0 Å². The van der Waals surface area contributed by atoms with Crippen molar-refractivity contribution in [2.75, 3.05) is 11.1 Å². The first-order valence-electron chi connectivity index (χ1n) is 4.92. The largest absolute Gasteiger partial charge is 0.392 e. The number of hydrogen-bond donors (Lipinski definition) is 3. The number of nitrogen functional groups attached to an aromatic ring is 1. The van der Waals surface area contributed by atoms with Gasteiger partial charge in [0.25, 0.3) is 0 Å². The number of benzene rings is 1. The van der Waals surface area contributed by atoms with Crippen LogP contribution in [0.1, 0.15) is 11.1 Å². The Labute approximate surface area is 97.8 Å². The summed E-state index contributed by atoms with van der Waals surface area (Å²) in [6.45, 7) is 0.749. The lowest BCUT2D eigenvalue weighted by molar-refractivity contribution is 0.281. The van der Waals surface area contributed by atoms with Crippen LogP contribution in [0.2, 0.25) is 0 Å². The molecule has 0 radical (unpaired) electrons. The van der Waals surface area contributed by atoms with E-state index in [1.54, 1.807) is 6.20 Å². The molecule has 84 valence electrons. The lowest BCUT2D eigenvalue weighted by atomic mass is 10.1. The summed E-state index contributed by atoms with van der Waals surface area (Å²) >= 11 is 1.42. The fraction of sp³-hybridized carbons (Fsp3) is 0.182. The summed E-state index contributed by atoms with van der Waals surface area (Å²) in [6.07, 6.45) is 1.64. The van der Waals surface area contributed by atoms with Gasteiger partial charge in [0.15, 0.2) is 5.13 Å². The molecular weight excluding hydrogens is 222 g/mol. The number of nitrogens with zero attached hydrogens (tertiary/aromatic N) is 1. The predicted molar refractivity (Wildman–Crippen MR) is 66.2 cm³/mol. The number of aliphatic hydroxyl groups excluding tert-OH is 1. The van der Waals surface area contributed by atoms with Gasteiger partial charge in [0.1, 0.15) is 5.00 Å². The van der Waals surface area contributed by atoms with Crippen LogP contribution in [0.4, 0.5) is 10.1 Å². The smallest absolute Gasteiger partial charge is 0.184 e. The molecule has 2 aromatic rings.